The predicted molar refractivity (Wildman–Crippen MR) is 238 cm³/mol. The van der Waals surface area contributed by atoms with Gasteiger partial charge in [-0.1, -0.05) is 177 Å². The lowest BCUT2D eigenvalue weighted by Gasteiger charge is -2.17. The predicted octanol–water partition coefficient (Wildman–Crippen LogP) is 14.7. The summed E-state index contributed by atoms with van der Waals surface area (Å²) in [5, 5.41) is 0. The standard InChI is InChI=1S/C9H10.C8H8O2.C8H8.C7H6O2.3C5H12.C4H10/c1-2-5-9-7-3-6-8(9)4-1;1-2-4-8-7(3-1)9-5-6-10-8;1-2-4-8-6-5-7(8)3-1;1-2-4-7-6(3-1)8-5-9-7;3*1-5(2,3)4;1-4(2)3/h1-2,4-5H,3,6-7H2;1-4H,5-6H2;1-4H,5-6H2;1-4H,5H2;3*1-4H3;4H,1-3H3. The van der Waals surface area contributed by atoms with Crippen molar-refractivity contribution in [2.45, 2.75) is 136 Å². The summed E-state index contributed by atoms with van der Waals surface area (Å²) >= 11 is 0. The van der Waals surface area contributed by atoms with Crippen LogP contribution in [0.15, 0.2) is 97.1 Å². The van der Waals surface area contributed by atoms with Crippen LogP contribution >= 0.6 is 0 Å². The highest BCUT2D eigenvalue weighted by Crippen LogP contribution is 2.30. The van der Waals surface area contributed by atoms with Gasteiger partial charge in [0.25, 0.3) is 0 Å². The van der Waals surface area contributed by atoms with E-state index >= 15 is 0 Å². The van der Waals surface area contributed by atoms with Crippen molar-refractivity contribution in [2.24, 2.45) is 22.2 Å². The zero-order valence-corrected chi connectivity index (χ0v) is 37.6. The molecule has 0 spiro atoms. The summed E-state index contributed by atoms with van der Waals surface area (Å²) in [5.74, 6) is 4.23. The number of fused-ring (bicyclic) bond motifs is 4. The average Bonchev–Trinajstić information content (AvgIpc) is 3.74. The third-order valence-corrected chi connectivity index (χ3v) is 6.52. The summed E-state index contributed by atoms with van der Waals surface area (Å²) in [5.41, 5.74) is 7.73. The van der Waals surface area contributed by atoms with Gasteiger partial charge in [-0.2, -0.15) is 0 Å². The van der Waals surface area contributed by atoms with Crippen LogP contribution in [0, 0.1) is 22.2 Å². The quantitative estimate of drug-likeness (QED) is 0.179. The van der Waals surface area contributed by atoms with Crippen LogP contribution in [-0.4, -0.2) is 20.0 Å². The van der Waals surface area contributed by atoms with Crippen molar-refractivity contribution in [2.75, 3.05) is 20.0 Å². The molecule has 2 aliphatic heterocycles. The molecule has 4 nitrogen and oxygen atoms in total. The van der Waals surface area contributed by atoms with Crippen molar-refractivity contribution in [3.63, 3.8) is 0 Å². The van der Waals surface area contributed by atoms with Crippen LogP contribution in [0.1, 0.15) is 133 Å². The van der Waals surface area contributed by atoms with Gasteiger partial charge in [-0.25, -0.2) is 0 Å². The number of aryl methyl sites for hydroxylation is 4. The monoisotopic (exact) mass is 755 g/mol. The molecule has 0 fully saturated rings. The zero-order chi connectivity index (χ0) is 41.5. The van der Waals surface area contributed by atoms with Gasteiger partial charge in [0.05, 0.1) is 0 Å². The second-order valence-corrected chi connectivity index (χ2v) is 19.6. The van der Waals surface area contributed by atoms with E-state index < -0.39 is 0 Å². The van der Waals surface area contributed by atoms with E-state index in [2.05, 4.69) is 152 Å². The van der Waals surface area contributed by atoms with Crippen LogP contribution in [0.2, 0.25) is 0 Å². The molecule has 306 valence electrons. The maximum Gasteiger partial charge on any atom is 0.231 e. The molecule has 0 amide bonds. The van der Waals surface area contributed by atoms with Gasteiger partial charge in [0.2, 0.25) is 6.79 Å². The SMILES string of the molecule is CC(C)(C)C.CC(C)(C)C.CC(C)(C)C.CC(C)C.c1ccc2c(c1)CC2.c1ccc2c(c1)CCC2.c1ccc2c(c1)OCCO2.c1ccc2c(c1)OCO2. The fraction of sp³-hybridized carbons (Fsp3) is 0.529. The second kappa shape index (κ2) is 25.3. The summed E-state index contributed by atoms with van der Waals surface area (Å²) < 4.78 is 20.7. The van der Waals surface area contributed by atoms with Crippen molar-refractivity contribution < 1.29 is 18.9 Å². The molecule has 0 radical (unpaired) electrons. The normalized spacial score (nSPS) is 13.5. The minimum Gasteiger partial charge on any atom is -0.486 e. The fourth-order valence-electron chi connectivity index (χ4n) is 4.49. The number of hydrogen-bond donors (Lipinski definition) is 0. The van der Waals surface area contributed by atoms with E-state index in [4.69, 9.17) is 18.9 Å². The lowest BCUT2D eigenvalue weighted by atomic mass is 9.89. The van der Waals surface area contributed by atoms with Gasteiger partial charge in [-0.15, -0.1) is 0 Å². The molecule has 0 saturated carbocycles. The van der Waals surface area contributed by atoms with Crippen molar-refractivity contribution in [3.8, 4) is 23.0 Å². The van der Waals surface area contributed by atoms with E-state index in [1.807, 2.05) is 48.5 Å². The first kappa shape index (κ1) is 49.1. The maximum absolute atomic E-state index is 5.30. The number of benzene rings is 4. The molecule has 55 heavy (non-hydrogen) atoms. The Labute approximate surface area is 338 Å². The molecule has 0 bridgehead atoms. The Hall–Kier alpha value is -3.92. The molecule has 0 unspecified atom stereocenters. The zero-order valence-electron chi connectivity index (χ0n) is 37.6. The molecule has 0 aromatic heterocycles. The minimum atomic E-state index is 0.360. The highest BCUT2D eigenvalue weighted by atomic mass is 16.7. The first-order chi connectivity index (χ1) is 25.6. The fourth-order valence-corrected chi connectivity index (χ4v) is 4.49. The highest BCUT2D eigenvalue weighted by molar-refractivity contribution is 5.41. The van der Waals surface area contributed by atoms with E-state index in [1.165, 1.54) is 32.1 Å². The van der Waals surface area contributed by atoms with Crippen molar-refractivity contribution >= 4 is 0 Å². The largest absolute Gasteiger partial charge is 0.486 e. The van der Waals surface area contributed by atoms with Crippen LogP contribution in [0.4, 0.5) is 0 Å². The Bertz CT molecular complexity index is 1390. The molecular weight excluding hydrogens is 677 g/mol. The van der Waals surface area contributed by atoms with Crippen molar-refractivity contribution in [3.05, 3.63) is 119 Å². The summed E-state index contributed by atoms with van der Waals surface area (Å²) in [6, 6.07) is 32.7. The van der Waals surface area contributed by atoms with Crippen LogP contribution in [0.3, 0.4) is 0 Å². The topological polar surface area (TPSA) is 36.9 Å². The lowest BCUT2D eigenvalue weighted by Crippen LogP contribution is -2.14. The van der Waals surface area contributed by atoms with Gasteiger partial charge < -0.3 is 18.9 Å². The molecule has 4 heteroatoms. The summed E-state index contributed by atoms with van der Waals surface area (Å²) in [7, 11) is 0. The third-order valence-electron chi connectivity index (χ3n) is 6.52. The van der Waals surface area contributed by atoms with E-state index in [-0.39, 0.29) is 0 Å². The Kier molecular flexibility index (Phi) is 22.6. The Morgan fingerprint density at radius 3 is 0.818 bits per heavy atom. The van der Waals surface area contributed by atoms with E-state index in [0.29, 0.717) is 36.3 Å². The van der Waals surface area contributed by atoms with Crippen molar-refractivity contribution in [1.82, 2.24) is 0 Å². The lowest BCUT2D eigenvalue weighted by molar-refractivity contribution is 0.171. The van der Waals surface area contributed by atoms with E-state index in [1.54, 1.807) is 22.3 Å². The van der Waals surface area contributed by atoms with Crippen molar-refractivity contribution in [1.29, 1.82) is 0 Å². The Morgan fingerprint density at radius 2 is 0.582 bits per heavy atom. The van der Waals surface area contributed by atoms with Gasteiger partial charge in [-0.05, 0) is 101 Å². The van der Waals surface area contributed by atoms with Crippen LogP contribution in [0.25, 0.3) is 0 Å². The molecular formula is C51H78O4. The van der Waals surface area contributed by atoms with Crippen LogP contribution < -0.4 is 18.9 Å². The molecule has 8 rings (SSSR count). The smallest absolute Gasteiger partial charge is 0.231 e. The first-order valence-electron chi connectivity index (χ1n) is 20.4. The number of rotatable bonds is 0. The number of para-hydroxylation sites is 4. The van der Waals surface area contributed by atoms with Gasteiger partial charge in [-0.3, -0.25) is 0 Å². The van der Waals surface area contributed by atoms with Crippen LogP contribution in [0.5, 0.6) is 23.0 Å². The highest BCUT2D eigenvalue weighted by Gasteiger charge is 2.11. The summed E-state index contributed by atoms with van der Waals surface area (Å²) in [6.45, 7) is 34.4. The first-order valence-corrected chi connectivity index (χ1v) is 20.4. The molecule has 4 aromatic rings. The summed E-state index contributed by atoms with van der Waals surface area (Å²) in [4.78, 5) is 0. The van der Waals surface area contributed by atoms with E-state index in [0.717, 1.165) is 28.9 Å². The molecule has 4 aliphatic rings. The van der Waals surface area contributed by atoms with Crippen LogP contribution in [-0.2, 0) is 25.7 Å². The summed E-state index contributed by atoms with van der Waals surface area (Å²) in [6.07, 6.45) is 6.57. The molecule has 2 heterocycles. The Balaban J connectivity index is 0.000000322. The minimum absolute atomic E-state index is 0.360. The van der Waals surface area contributed by atoms with Gasteiger partial charge in [0.1, 0.15) is 13.2 Å². The molecule has 0 atom stereocenters. The maximum atomic E-state index is 5.30. The Morgan fingerprint density at radius 1 is 0.364 bits per heavy atom. The molecule has 2 aliphatic carbocycles. The third kappa shape index (κ3) is 28.2. The van der Waals surface area contributed by atoms with Gasteiger partial charge in [0.15, 0.2) is 23.0 Å². The second-order valence-electron chi connectivity index (χ2n) is 19.6. The number of hydrogen-bond acceptors (Lipinski definition) is 4. The molecule has 4 aromatic carbocycles. The number of ether oxygens (including phenoxy) is 4. The average molecular weight is 755 g/mol. The molecule has 0 N–H and O–H groups in total. The van der Waals surface area contributed by atoms with Gasteiger partial charge in [0, 0.05) is 0 Å². The van der Waals surface area contributed by atoms with Gasteiger partial charge >= 0.3 is 0 Å². The molecule has 0 saturated heterocycles. The van der Waals surface area contributed by atoms with E-state index in [9.17, 15) is 0 Å².